The van der Waals surface area contributed by atoms with Crippen molar-refractivity contribution in [3.05, 3.63) is 81.9 Å². The normalized spacial score (nSPS) is 20.6. The van der Waals surface area contributed by atoms with Gasteiger partial charge in [-0.2, -0.15) is 0 Å². The van der Waals surface area contributed by atoms with Crippen LogP contribution in [-0.2, 0) is 6.54 Å². The zero-order chi connectivity index (χ0) is 17.5. The number of nitrogens with zero attached hydrogens (tertiary/aromatic N) is 1. The van der Waals surface area contributed by atoms with Gasteiger partial charge in [0.15, 0.2) is 0 Å². The molecule has 0 saturated carbocycles. The van der Waals surface area contributed by atoms with Gasteiger partial charge in [0.25, 0.3) is 5.69 Å². The van der Waals surface area contributed by atoms with Crippen molar-refractivity contribution in [1.29, 1.82) is 0 Å². The van der Waals surface area contributed by atoms with E-state index in [1.54, 1.807) is 21.9 Å². The van der Waals surface area contributed by atoms with E-state index >= 15 is 0 Å². The largest absolute Gasteiger partial charge is 0.322 e. The van der Waals surface area contributed by atoms with Crippen LogP contribution < -0.4 is 9.80 Å². The fourth-order valence-electron chi connectivity index (χ4n) is 3.29. The van der Waals surface area contributed by atoms with Crippen LogP contribution >= 0.6 is 0 Å². The molecule has 0 radical (unpaired) electrons. The number of nitrogens with one attached hydrogen (secondary N) is 2. The molecule has 1 fully saturated rings. The first-order valence-electron chi connectivity index (χ1n) is 8.83. The third-order valence-corrected chi connectivity index (χ3v) is 4.78. The number of nitro groups is 1. The van der Waals surface area contributed by atoms with Crippen LogP contribution in [0.4, 0.5) is 5.69 Å². The fraction of sp³-hybridized carbons (Fsp3) is 0.300. The number of quaternary nitrogens is 2. The lowest BCUT2D eigenvalue weighted by molar-refractivity contribution is -1.02. The maximum Gasteiger partial charge on any atom is 0.269 e. The number of piperazine rings is 1. The van der Waals surface area contributed by atoms with E-state index in [0.29, 0.717) is 0 Å². The molecular weight excluding hydrogens is 314 g/mol. The smallest absolute Gasteiger partial charge is 0.269 e. The van der Waals surface area contributed by atoms with Gasteiger partial charge in [-0.05, 0) is 23.8 Å². The molecule has 1 saturated heterocycles. The summed E-state index contributed by atoms with van der Waals surface area (Å²) in [6, 6.07) is 17.4. The molecule has 2 aromatic carbocycles. The summed E-state index contributed by atoms with van der Waals surface area (Å²) in [6.45, 7) is 6.64. The van der Waals surface area contributed by atoms with Gasteiger partial charge >= 0.3 is 0 Å². The Labute approximate surface area is 148 Å². The van der Waals surface area contributed by atoms with E-state index in [-0.39, 0.29) is 10.6 Å². The zero-order valence-corrected chi connectivity index (χ0v) is 14.4. The average molecular weight is 339 g/mol. The van der Waals surface area contributed by atoms with E-state index in [2.05, 4.69) is 36.4 Å². The predicted molar refractivity (Wildman–Crippen MR) is 98.5 cm³/mol. The molecule has 5 heteroatoms. The van der Waals surface area contributed by atoms with Crippen molar-refractivity contribution in [3.8, 4) is 0 Å². The van der Waals surface area contributed by atoms with Crippen molar-refractivity contribution >= 4 is 11.8 Å². The van der Waals surface area contributed by atoms with Crippen LogP contribution in [0.5, 0.6) is 0 Å². The van der Waals surface area contributed by atoms with E-state index in [1.165, 1.54) is 24.2 Å². The van der Waals surface area contributed by atoms with E-state index in [0.717, 1.165) is 26.2 Å². The SMILES string of the molecule is O=[N+]([O-])c1ccc(C[NH+]2CC[NH+](C/C=C/c3ccccc3)CC2)cc1. The summed E-state index contributed by atoms with van der Waals surface area (Å²) in [5.41, 5.74) is 2.59. The highest BCUT2D eigenvalue weighted by Gasteiger charge is 2.22. The molecule has 0 aliphatic carbocycles. The number of hydrogen-bond donors (Lipinski definition) is 2. The molecule has 1 heterocycles. The van der Waals surface area contributed by atoms with Crippen molar-refractivity contribution in [2.75, 3.05) is 32.7 Å². The number of benzene rings is 2. The Morgan fingerprint density at radius 1 is 0.920 bits per heavy atom. The van der Waals surface area contributed by atoms with Crippen LogP contribution in [0.15, 0.2) is 60.7 Å². The number of nitro benzene ring substituents is 1. The maximum absolute atomic E-state index is 10.7. The minimum Gasteiger partial charge on any atom is -0.322 e. The monoisotopic (exact) mass is 339 g/mol. The van der Waals surface area contributed by atoms with Crippen molar-refractivity contribution in [3.63, 3.8) is 0 Å². The molecule has 0 unspecified atom stereocenters. The van der Waals surface area contributed by atoms with Crippen molar-refractivity contribution in [2.24, 2.45) is 0 Å². The number of rotatable bonds is 6. The molecule has 25 heavy (non-hydrogen) atoms. The van der Waals surface area contributed by atoms with Crippen LogP contribution in [0.3, 0.4) is 0 Å². The summed E-state index contributed by atoms with van der Waals surface area (Å²) in [5.74, 6) is 0. The van der Waals surface area contributed by atoms with Crippen LogP contribution in [0.25, 0.3) is 6.08 Å². The quantitative estimate of drug-likeness (QED) is 0.598. The Bertz CT molecular complexity index is 705. The van der Waals surface area contributed by atoms with Gasteiger partial charge in [0.1, 0.15) is 32.7 Å². The highest BCUT2D eigenvalue weighted by Crippen LogP contribution is 2.11. The summed E-state index contributed by atoms with van der Waals surface area (Å²) in [6.07, 6.45) is 4.47. The van der Waals surface area contributed by atoms with Gasteiger partial charge in [-0.15, -0.1) is 0 Å². The first-order chi connectivity index (χ1) is 12.2. The highest BCUT2D eigenvalue weighted by atomic mass is 16.6. The Morgan fingerprint density at radius 3 is 2.20 bits per heavy atom. The van der Waals surface area contributed by atoms with Crippen LogP contribution in [0.1, 0.15) is 11.1 Å². The summed E-state index contributed by atoms with van der Waals surface area (Å²) < 4.78 is 0. The molecule has 2 N–H and O–H groups in total. The van der Waals surface area contributed by atoms with Gasteiger partial charge < -0.3 is 9.80 Å². The van der Waals surface area contributed by atoms with Gasteiger partial charge in [-0.3, -0.25) is 10.1 Å². The summed E-state index contributed by atoms with van der Waals surface area (Å²) in [5, 5.41) is 10.7. The second-order valence-electron chi connectivity index (χ2n) is 6.62. The standard InChI is InChI=1S/C20H23N3O2/c24-23(25)20-10-8-19(9-11-20)17-22-15-13-21(14-16-22)12-4-7-18-5-2-1-3-6-18/h1-11H,12-17H2/p+2/b7-4+. The lowest BCUT2D eigenvalue weighted by atomic mass is 10.2. The Hall–Kier alpha value is -2.50. The van der Waals surface area contributed by atoms with Gasteiger partial charge in [-0.25, -0.2) is 0 Å². The molecule has 5 nitrogen and oxygen atoms in total. The summed E-state index contributed by atoms with van der Waals surface area (Å²) in [7, 11) is 0. The molecule has 0 amide bonds. The molecule has 0 atom stereocenters. The predicted octanol–water partition coefficient (Wildman–Crippen LogP) is 0.592. The van der Waals surface area contributed by atoms with Crippen molar-refractivity contribution in [1.82, 2.24) is 0 Å². The van der Waals surface area contributed by atoms with E-state index in [1.807, 2.05) is 18.2 Å². The third kappa shape index (κ3) is 5.24. The molecule has 1 aliphatic rings. The third-order valence-electron chi connectivity index (χ3n) is 4.78. The van der Waals surface area contributed by atoms with Crippen LogP contribution in [0, 0.1) is 10.1 Å². The summed E-state index contributed by atoms with van der Waals surface area (Å²) >= 11 is 0. The summed E-state index contributed by atoms with van der Waals surface area (Å²) in [4.78, 5) is 13.5. The minimum absolute atomic E-state index is 0.165. The molecule has 2 aromatic rings. The van der Waals surface area contributed by atoms with Gasteiger partial charge in [0.05, 0.1) is 11.5 Å². The molecule has 3 rings (SSSR count). The molecule has 1 aliphatic heterocycles. The molecular formula is C20H25N3O2+2. The molecule has 0 bridgehead atoms. The van der Waals surface area contributed by atoms with E-state index in [4.69, 9.17) is 0 Å². The van der Waals surface area contributed by atoms with Crippen molar-refractivity contribution in [2.45, 2.75) is 6.54 Å². The number of non-ortho nitro benzene ring substituents is 1. The molecule has 0 spiro atoms. The van der Waals surface area contributed by atoms with Crippen LogP contribution in [0.2, 0.25) is 0 Å². The number of hydrogen-bond acceptors (Lipinski definition) is 2. The van der Waals surface area contributed by atoms with Crippen LogP contribution in [-0.4, -0.2) is 37.6 Å². The molecule has 130 valence electrons. The lowest BCUT2D eigenvalue weighted by Gasteiger charge is -2.29. The first-order valence-corrected chi connectivity index (χ1v) is 8.83. The average Bonchev–Trinajstić information content (AvgIpc) is 2.64. The second-order valence-corrected chi connectivity index (χ2v) is 6.62. The lowest BCUT2D eigenvalue weighted by Crippen LogP contribution is -3.27. The molecule has 0 aromatic heterocycles. The topological polar surface area (TPSA) is 52.0 Å². The Morgan fingerprint density at radius 2 is 1.56 bits per heavy atom. The van der Waals surface area contributed by atoms with Gasteiger partial charge in [0, 0.05) is 17.7 Å². The Kier molecular flexibility index (Phi) is 5.93. The first kappa shape index (κ1) is 17.3. The van der Waals surface area contributed by atoms with E-state index < -0.39 is 0 Å². The Balaban J connectivity index is 1.42. The zero-order valence-electron chi connectivity index (χ0n) is 14.4. The van der Waals surface area contributed by atoms with Crippen molar-refractivity contribution < 1.29 is 14.7 Å². The van der Waals surface area contributed by atoms with Gasteiger partial charge in [-0.1, -0.05) is 36.4 Å². The highest BCUT2D eigenvalue weighted by molar-refractivity contribution is 5.48. The fourth-order valence-corrected chi connectivity index (χ4v) is 3.29. The second kappa shape index (κ2) is 8.55. The van der Waals surface area contributed by atoms with Gasteiger partial charge in [0.2, 0.25) is 0 Å². The van der Waals surface area contributed by atoms with E-state index in [9.17, 15) is 10.1 Å². The minimum atomic E-state index is -0.346. The maximum atomic E-state index is 10.7.